The Bertz CT molecular complexity index is 963. The second kappa shape index (κ2) is 8.14. The number of benzene rings is 2. The first-order valence-corrected chi connectivity index (χ1v) is 10.1. The van der Waals surface area contributed by atoms with E-state index in [0.29, 0.717) is 25.2 Å². The number of thiazole rings is 1. The number of aromatic hydroxyl groups is 1. The number of halogens is 4. The van der Waals surface area contributed by atoms with Gasteiger partial charge in [-0.1, -0.05) is 45.2 Å². The van der Waals surface area contributed by atoms with E-state index in [1.165, 1.54) is 11.3 Å². The Morgan fingerprint density at radius 2 is 1.92 bits per heavy atom. The number of hydrogen-bond acceptors (Lipinski definition) is 5. The molecule has 0 bridgehead atoms. The summed E-state index contributed by atoms with van der Waals surface area (Å²) in [4.78, 5) is 4.42. The predicted molar refractivity (Wildman–Crippen MR) is 109 cm³/mol. The summed E-state index contributed by atoms with van der Waals surface area (Å²) in [5, 5.41) is 21.6. The van der Waals surface area contributed by atoms with E-state index in [2.05, 4.69) is 47.1 Å². The molecule has 1 aromatic heterocycles. The largest absolute Gasteiger partial charge is 0.506 e. The van der Waals surface area contributed by atoms with Crippen molar-refractivity contribution in [3.63, 3.8) is 0 Å². The van der Waals surface area contributed by atoms with Crippen molar-refractivity contribution in [2.75, 3.05) is 0 Å². The van der Waals surface area contributed by atoms with Gasteiger partial charge in [-0.2, -0.15) is 5.11 Å². The van der Waals surface area contributed by atoms with Crippen molar-refractivity contribution in [3.8, 4) is 17.0 Å². The summed E-state index contributed by atoms with van der Waals surface area (Å²) in [6.07, 6.45) is 0. The standard InChI is InChI=1S/C16H9Br2Cl2N3OS/c17-10-3-9(15(24)11(18)5-10)6-21-23-16-22-14(7-25-16)8-1-2-12(19)13(20)4-8/h1-5,7,24H,6H2. The zero-order valence-electron chi connectivity index (χ0n) is 12.4. The van der Waals surface area contributed by atoms with Crippen LogP contribution in [0.5, 0.6) is 5.75 Å². The molecule has 9 heteroatoms. The summed E-state index contributed by atoms with van der Waals surface area (Å²) < 4.78 is 1.45. The summed E-state index contributed by atoms with van der Waals surface area (Å²) in [6.45, 7) is 0.242. The normalized spacial score (nSPS) is 11.4. The molecule has 0 saturated heterocycles. The fourth-order valence-corrected chi connectivity index (χ4v) is 4.28. The maximum absolute atomic E-state index is 10.0. The Morgan fingerprint density at radius 3 is 2.68 bits per heavy atom. The first kappa shape index (κ1) is 18.8. The van der Waals surface area contributed by atoms with Crippen molar-refractivity contribution in [3.05, 3.63) is 60.3 Å². The van der Waals surface area contributed by atoms with Gasteiger partial charge in [0.1, 0.15) is 5.75 Å². The Balaban J connectivity index is 1.75. The van der Waals surface area contributed by atoms with E-state index >= 15 is 0 Å². The van der Waals surface area contributed by atoms with Gasteiger partial charge < -0.3 is 5.11 Å². The number of aromatic nitrogens is 1. The molecular weight excluding hydrogens is 513 g/mol. The number of hydrogen-bond donors (Lipinski definition) is 1. The fourth-order valence-electron chi connectivity index (χ4n) is 2.01. The van der Waals surface area contributed by atoms with E-state index < -0.39 is 0 Å². The lowest BCUT2D eigenvalue weighted by atomic mass is 10.2. The first-order valence-electron chi connectivity index (χ1n) is 6.89. The summed E-state index contributed by atoms with van der Waals surface area (Å²) in [5.74, 6) is 0.151. The highest BCUT2D eigenvalue weighted by atomic mass is 79.9. The Hall–Kier alpha value is -0.990. The van der Waals surface area contributed by atoms with E-state index in [1.54, 1.807) is 24.3 Å². The molecule has 1 heterocycles. The molecule has 25 heavy (non-hydrogen) atoms. The van der Waals surface area contributed by atoms with E-state index in [0.717, 1.165) is 15.7 Å². The van der Waals surface area contributed by atoms with Gasteiger partial charge in [-0.05, 0) is 40.2 Å². The van der Waals surface area contributed by atoms with Crippen LogP contribution in [0.2, 0.25) is 10.0 Å². The van der Waals surface area contributed by atoms with Crippen molar-refractivity contribution in [2.24, 2.45) is 10.2 Å². The van der Waals surface area contributed by atoms with Gasteiger partial charge in [0.25, 0.3) is 0 Å². The summed E-state index contributed by atoms with van der Waals surface area (Å²) in [7, 11) is 0. The Morgan fingerprint density at radius 1 is 1.12 bits per heavy atom. The monoisotopic (exact) mass is 519 g/mol. The molecule has 2 aromatic carbocycles. The lowest BCUT2D eigenvalue weighted by Gasteiger charge is -2.04. The zero-order valence-corrected chi connectivity index (χ0v) is 17.9. The van der Waals surface area contributed by atoms with Crippen molar-refractivity contribution < 1.29 is 5.11 Å². The van der Waals surface area contributed by atoms with Gasteiger partial charge in [-0.25, -0.2) is 4.98 Å². The molecule has 0 amide bonds. The quantitative estimate of drug-likeness (QED) is 0.359. The molecule has 1 N–H and O–H groups in total. The van der Waals surface area contributed by atoms with Crippen molar-refractivity contribution in [1.29, 1.82) is 0 Å². The molecule has 0 aliphatic heterocycles. The smallest absolute Gasteiger partial charge is 0.230 e. The van der Waals surface area contributed by atoms with E-state index in [1.807, 2.05) is 11.4 Å². The van der Waals surface area contributed by atoms with Gasteiger partial charge >= 0.3 is 0 Å². The minimum absolute atomic E-state index is 0.151. The van der Waals surface area contributed by atoms with Crippen LogP contribution in [-0.2, 0) is 6.54 Å². The van der Waals surface area contributed by atoms with Crippen molar-refractivity contribution >= 4 is 71.5 Å². The van der Waals surface area contributed by atoms with Crippen molar-refractivity contribution in [1.82, 2.24) is 4.98 Å². The second-order valence-electron chi connectivity index (χ2n) is 4.94. The van der Waals surface area contributed by atoms with Gasteiger partial charge in [-0.3, -0.25) is 0 Å². The average Bonchev–Trinajstić information content (AvgIpc) is 3.03. The molecule has 3 rings (SSSR count). The Labute approximate surface area is 174 Å². The number of rotatable bonds is 4. The highest BCUT2D eigenvalue weighted by Gasteiger charge is 2.08. The second-order valence-corrected chi connectivity index (χ2v) is 8.36. The molecule has 128 valence electrons. The van der Waals surface area contributed by atoms with E-state index in [-0.39, 0.29) is 12.3 Å². The maximum Gasteiger partial charge on any atom is 0.230 e. The third-order valence-electron chi connectivity index (χ3n) is 3.21. The lowest BCUT2D eigenvalue weighted by molar-refractivity contribution is 0.464. The lowest BCUT2D eigenvalue weighted by Crippen LogP contribution is -1.84. The molecule has 4 nitrogen and oxygen atoms in total. The molecule has 0 fully saturated rings. The average molecular weight is 522 g/mol. The molecule has 0 spiro atoms. The third-order valence-corrected chi connectivity index (χ3v) is 5.74. The number of phenols is 1. The van der Waals surface area contributed by atoms with Crippen LogP contribution in [0.3, 0.4) is 0 Å². The minimum atomic E-state index is 0.151. The highest BCUT2D eigenvalue weighted by molar-refractivity contribution is 9.11. The van der Waals surface area contributed by atoms with Crippen LogP contribution in [0.25, 0.3) is 11.3 Å². The summed E-state index contributed by atoms with van der Waals surface area (Å²) in [6, 6.07) is 8.90. The van der Waals surface area contributed by atoms with Gasteiger partial charge in [0.2, 0.25) is 5.13 Å². The van der Waals surface area contributed by atoms with Gasteiger partial charge in [0, 0.05) is 21.0 Å². The van der Waals surface area contributed by atoms with Crippen LogP contribution in [0.4, 0.5) is 5.13 Å². The maximum atomic E-state index is 10.0. The zero-order chi connectivity index (χ0) is 18.0. The van der Waals surface area contributed by atoms with Crippen molar-refractivity contribution in [2.45, 2.75) is 6.54 Å². The number of nitrogens with zero attached hydrogens (tertiary/aromatic N) is 3. The SMILES string of the molecule is Oc1c(Br)cc(Br)cc1CN=Nc1nc(-c2ccc(Cl)c(Cl)c2)cs1. The van der Waals surface area contributed by atoms with Crippen LogP contribution < -0.4 is 0 Å². The molecule has 0 atom stereocenters. The summed E-state index contributed by atoms with van der Waals surface area (Å²) >= 11 is 20.0. The van der Waals surface area contributed by atoms with Gasteiger partial charge in [0.15, 0.2) is 0 Å². The number of azo groups is 1. The predicted octanol–water partition coefficient (Wildman–Crippen LogP) is 7.63. The van der Waals surface area contributed by atoms with Crippen LogP contribution in [0.15, 0.2) is 54.9 Å². The van der Waals surface area contributed by atoms with Crippen LogP contribution >= 0.6 is 66.4 Å². The van der Waals surface area contributed by atoms with Gasteiger partial charge in [0.05, 0.1) is 26.8 Å². The minimum Gasteiger partial charge on any atom is -0.506 e. The van der Waals surface area contributed by atoms with Crippen LogP contribution in [0, 0.1) is 0 Å². The first-order chi connectivity index (χ1) is 11.9. The molecule has 0 aliphatic rings. The van der Waals surface area contributed by atoms with E-state index in [4.69, 9.17) is 23.2 Å². The third kappa shape index (κ3) is 4.60. The van der Waals surface area contributed by atoms with Crippen LogP contribution in [-0.4, -0.2) is 10.1 Å². The molecule has 3 aromatic rings. The molecule has 0 unspecified atom stereocenters. The van der Waals surface area contributed by atoms with Gasteiger partial charge in [-0.15, -0.1) is 16.5 Å². The summed E-state index contributed by atoms with van der Waals surface area (Å²) in [5.41, 5.74) is 2.28. The van der Waals surface area contributed by atoms with E-state index in [9.17, 15) is 5.11 Å². The highest BCUT2D eigenvalue weighted by Crippen LogP contribution is 2.33. The van der Waals surface area contributed by atoms with Crippen LogP contribution in [0.1, 0.15) is 5.56 Å². The Kier molecular flexibility index (Phi) is 6.12. The number of phenolic OH excluding ortho intramolecular Hbond substituents is 1. The fraction of sp³-hybridized carbons (Fsp3) is 0.0625. The molecule has 0 aliphatic carbocycles. The molecular formula is C16H9Br2Cl2N3OS. The molecule has 0 saturated carbocycles. The molecule has 0 radical (unpaired) electrons. The topological polar surface area (TPSA) is 57.8 Å².